The molecule has 204 valence electrons. The zero-order valence-electron chi connectivity index (χ0n) is 22.7. The van der Waals surface area contributed by atoms with Crippen LogP contribution in [0.5, 0.6) is 0 Å². The normalized spacial score (nSPS) is 16.8. The maximum atomic E-state index is 13.8. The molecule has 2 aromatic rings. The number of carbonyl (C=O) groups is 3. The molecule has 2 saturated heterocycles. The van der Waals surface area contributed by atoms with E-state index in [-0.39, 0.29) is 24.3 Å². The lowest BCUT2D eigenvalue weighted by Gasteiger charge is -2.43. The molecule has 2 fully saturated rings. The van der Waals surface area contributed by atoms with Gasteiger partial charge in [-0.3, -0.25) is 14.4 Å². The van der Waals surface area contributed by atoms with Crippen LogP contribution in [0, 0.1) is 0 Å². The number of rotatable bonds is 11. The van der Waals surface area contributed by atoms with E-state index in [0.29, 0.717) is 51.3 Å². The van der Waals surface area contributed by atoms with Crippen LogP contribution in [0.2, 0.25) is 0 Å². The number of methoxy groups -OCH3 is 1. The Labute approximate surface area is 225 Å². The second-order valence-corrected chi connectivity index (χ2v) is 10.2. The molecule has 2 aliphatic heterocycles. The lowest BCUT2D eigenvalue weighted by molar-refractivity contribution is -0.137. The van der Waals surface area contributed by atoms with E-state index >= 15 is 0 Å². The summed E-state index contributed by atoms with van der Waals surface area (Å²) < 4.78 is 5.03. The average molecular weight is 521 g/mol. The summed E-state index contributed by atoms with van der Waals surface area (Å²) >= 11 is 0. The Balaban J connectivity index is 1.44. The SMILES string of the molecule is CCCCc1ccc(C(=O)N2CCC3(CC2)C(=O)N(CC(=O)NCCCOC)CN3c2ccccc2)cc1. The molecule has 0 saturated carbocycles. The smallest absolute Gasteiger partial charge is 0.253 e. The van der Waals surface area contributed by atoms with Gasteiger partial charge in [0.2, 0.25) is 5.91 Å². The summed E-state index contributed by atoms with van der Waals surface area (Å²) in [4.78, 5) is 45.3. The van der Waals surface area contributed by atoms with Crippen LogP contribution in [0.25, 0.3) is 0 Å². The van der Waals surface area contributed by atoms with Gasteiger partial charge in [-0.15, -0.1) is 0 Å². The predicted molar refractivity (Wildman–Crippen MR) is 148 cm³/mol. The fraction of sp³-hybridized carbons (Fsp3) is 0.500. The Morgan fingerprint density at radius 3 is 2.37 bits per heavy atom. The number of nitrogens with zero attached hydrogens (tertiary/aromatic N) is 3. The summed E-state index contributed by atoms with van der Waals surface area (Å²) in [5.41, 5.74) is 2.12. The fourth-order valence-electron chi connectivity index (χ4n) is 5.45. The third-order valence-electron chi connectivity index (χ3n) is 7.66. The molecule has 0 aliphatic carbocycles. The van der Waals surface area contributed by atoms with Crippen molar-refractivity contribution in [3.8, 4) is 0 Å². The van der Waals surface area contributed by atoms with Crippen molar-refractivity contribution in [1.29, 1.82) is 0 Å². The number of likely N-dealkylation sites (tertiary alicyclic amines) is 1. The van der Waals surface area contributed by atoms with E-state index in [0.717, 1.165) is 31.4 Å². The minimum Gasteiger partial charge on any atom is -0.385 e. The highest BCUT2D eigenvalue weighted by atomic mass is 16.5. The molecule has 38 heavy (non-hydrogen) atoms. The highest BCUT2D eigenvalue weighted by molar-refractivity contribution is 5.97. The maximum Gasteiger partial charge on any atom is 0.253 e. The topological polar surface area (TPSA) is 82.2 Å². The molecule has 4 rings (SSSR count). The summed E-state index contributed by atoms with van der Waals surface area (Å²) in [6, 6.07) is 17.8. The van der Waals surface area contributed by atoms with Gasteiger partial charge in [-0.05, 0) is 61.9 Å². The Morgan fingerprint density at radius 2 is 1.71 bits per heavy atom. The molecule has 2 aliphatic rings. The van der Waals surface area contributed by atoms with Crippen molar-refractivity contribution >= 4 is 23.4 Å². The quantitative estimate of drug-likeness (QED) is 0.459. The molecule has 2 aromatic carbocycles. The molecular formula is C30H40N4O4. The average Bonchev–Trinajstić information content (AvgIpc) is 3.21. The van der Waals surface area contributed by atoms with Crippen LogP contribution in [-0.2, 0) is 20.7 Å². The maximum absolute atomic E-state index is 13.8. The summed E-state index contributed by atoms with van der Waals surface area (Å²) in [7, 11) is 1.63. The van der Waals surface area contributed by atoms with Crippen molar-refractivity contribution in [3.63, 3.8) is 0 Å². The number of benzene rings is 2. The van der Waals surface area contributed by atoms with E-state index in [9.17, 15) is 14.4 Å². The Hall–Kier alpha value is -3.39. The Morgan fingerprint density at radius 1 is 1.00 bits per heavy atom. The largest absolute Gasteiger partial charge is 0.385 e. The summed E-state index contributed by atoms with van der Waals surface area (Å²) in [6.45, 7) is 4.61. The van der Waals surface area contributed by atoms with Gasteiger partial charge in [-0.2, -0.15) is 0 Å². The number of hydrogen-bond donors (Lipinski definition) is 1. The first-order valence-electron chi connectivity index (χ1n) is 13.7. The van der Waals surface area contributed by atoms with Crippen LogP contribution in [0.15, 0.2) is 54.6 Å². The second-order valence-electron chi connectivity index (χ2n) is 10.2. The van der Waals surface area contributed by atoms with Crippen molar-refractivity contribution in [2.24, 2.45) is 0 Å². The van der Waals surface area contributed by atoms with E-state index < -0.39 is 5.54 Å². The van der Waals surface area contributed by atoms with Gasteiger partial charge in [0.1, 0.15) is 12.1 Å². The molecule has 3 amide bonds. The van der Waals surface area contributed by atoms with Gasteiger partial charge in [0, 0.05) is 44.6 Å². The van der Waals surface area contributed by atoms with Crippen LogP contribution in [-0.4, -0.2) is 79.6 Å². The van der Waals surface area contributed by atoms with E-state index in [1.807, 2.05) is 59.5 Å². The van der Waals surface area contributed by atoms with Crippen molar-refractivity contribution in [2.75, 3.05) is 51.5 Å². The summed E-state index contributed by atoms with van der Waals surface area (Å²) in [6.07, 6.45) is 5.07. The molecule has 1 N–H and O–H groups in total. The Bertz CT molecular complexity index is 1080. The minimum absolute atomic E-state index is 0.00545. The van der Waals surface area contributed by atoms with E-state index in [1.54, 1.807) is 12.0 Å². The summed E-state index contributed by atoms with van der Waals surface area (Å²) in [5.74, 6) is -0.207. The number of carbonyl (C=O) groups excluding carboxylic acids is 3. The van der Waals surface area contributed by atoms with Crippen molar-refractivity contribution in [2.45, 2.75) is 51.0 Å². The van der Waals surface area contributed by atoms with Gasteiger partial charge in [-0.1, -0.05) is 43.7 Å². The van der Waals surface area contributed by atoms with Crippen LogP contribution in [0.4, 0.5) is 5.69 Å². The number of unbranched alkanes of at least 4 members (excludes halogenated alkanes) is 1. The standard InChI is InChI=1S/C30H40N4O4/c1-3-4-9-24-12-14-25(15-13-24)28(36)32-19-16-30(17-20-32)29(37)33(22-27(35)31-18-8-21-38-2)23-34(30)26-10-6-5-7-11-26/h5-7,10-15H,3-4,8-9,16-23H2,1-2H3,(H,31,35). The van der Waals surface area contributed by atoms with Crippen molar-refractivity contribution in [3.05, 3.63) is 65.7 Å². The first-order valence-corrected chi connectivity index (χ1v) is 13.7. The van der Waals surface area contributed by atoms with Crippen LogP contribution in [0.1, 0.15) is 54.9 Å². The first kappa shape index (κ1) is 27.6. The molecule has 1 spiro atoms. The third kappa shape index (κ3) is 6.18. The molecule has 0 aromatic heterocycles. The lowest BCUT2D eigenvalue weighted by atomic mass is 9.85. The van der Waals surface area contributed by atoms with Gasteiger partial charge >= 0.3 is 0 Å². The lowest BCUT2D eigenvalue weighted by Crippen LogP contribution is -2.57. The van der Waals surface area contributed by atoms with Gasteiger partial charge in [0.15, 0.2) is 0 Å². The number of nitrogens with one attached hydrogen (secondary N) is 1. The Kier molecular flexibility index (Phi) is 9.39. The summed E-state index contributed by atoms with van der Waals surface area (Å²) in [5, 5.41) is 2.88. The highest BCUT2D eigenvalue weighted by Crippen LogP contribution is 2.39. The van der Waals surface area contributed by atoms with E-state index in [1.165, 1.54) is 5.56 Å². The van der Waals surface area contributed by atoms with Crippen molar-refractivity contribution in [1.82, 2.24) is 15.1 Å². The first-order chi connectivity index (χ1) is 18.5. The number of hydrogen-bond acceptors (Lipinski definition) is 5. The molecule has 8 heteroatoms. The second kappa shape index (κ2) is 12.9. The fourth-order valence-corrected chi connectivity index (χ4v) is 5.45. The van der Waals surface area contributed by atoms with Crippen LogP contribution < -0.4 is 10.2 Å². The van der Waals surface area contributed by atoms with E-state index in [2.05, 4.69) is 17.1 Å². The van der Waals surface area contributed by atoms with E-state index in [4.69, 9.17) is 4.74 Å². The molecule has 8 nitrogen and oxygen atoms in total. The number of anilines is 1. The molecule has 2 heterocycles. The molecule has 0 radical (unpaired) electrons. The molecule has 0 bridgehead atoms. The predicted octanol–water partition coefficient (Wildman–Crippen LogP) is 3.46. The monoisotopic (exact) mass is 520 g/mol. The number of amides is 3. The van der Waals surface area contributed by atoms with Gasteiger partial charge in [0.25, 0.3) is 11.8 Å². The van der Waals surface area contributed by atoms with Crippen LogP contribution in [0.3, 0.4) is 0 Å². The molecule has 0 unspecified atom stereocenters. The number of piperidine rings is 1. The number of para-hydroxylation sites is 1. The van der Waals surface area contributed by atoms with Gasteiger partial charge < -0.3 is 24.8 Å². The zero-order valence-corrected chi connectivity index (χ0v) is 22.7. The highest BCUT2D eigenvalue weighted by Gasteiger charge is 2.54. The minimum atomic E-state index is -0.765. The number of aryl methyl sites for hydroxylation is 1. The number of ether oxygens (including phenoxy) is 1. The van der Waals surface area contributed by atoms with Crippen LogP contribution >= 0.6 is 0 Å². The molecule has 0 atom stereocenters. The zero-order chi connectivity index (χ0) is 27.0. The third-order valence-corrected chi connectivity index (χ3v) is 7.66. The van der Waals surface area contributed by atoms with Gasteiger partial charge in [-0.25, -0.2) is 0 Å². The van der Waals surface area contributed by atoms with Gasteiger partial charge in [0.05, 0.1) is 6.67 Å². The van der Waals surface area contributed by atoms with Crippen molar-refractivity contribution < 1.29 is 19.1 Å². The molecular weight excluding hydrogens is 480 g/mol.